The van der Waals surface area contributed by atoms with Crippen LogP contribution in [0, 0.1) is 6.92 Å². The van der Waals surface area contributed by atoms with Crippen LogP contribution in [0.3, 0.4) is 0 Å². The third-order valence-electron chi connectivity index (χ3n) is 3.03. The van der Waals surface area contributed by atoms with E-state index in [4.69, 9.17) is 9.47 Å². The summed E-state index contributed by atoms with van der Waals surface area (Å²) < 4.78 is 10.6. The number of likely N-dealkylation sites (N-methyl/N-ethyl adjacent to an activating group) is 1. The number of hydrogen-bond donors (Lipinski definition) is 0. The fraction of sp³-hybridized carbons (Fsp3) is 0.417. The van der Waals surface area contributed by atoms with E-state index in [0.29, 0.717) is 0 Å². The number of benzene rings is 1. The van der Waals surface area contributed by atoms with E-state index in [-0.39, 0.29) is 5.91 Å². The van der Waals surface area contributed by atoms with Crippen LogP contribution in [-0.4, -0.2) is 27.2 Å². The average Bonchev–Trinajstić information content (AvgIpc) is 2.50. The second-order valence-corrected chi connectivity index (χ2v) is 3.91. The Bertz CT molecular complexity index is 438. The minimum atomic E-state index is -1.28. The average molecular weight is 221 g/mol. The Kier molecular flexibility index (Phi) is 2.48. The van der Waals surface area contributed by atoms with Crippen LogP contribution >= 0.6 is 0 Å². The number of carbonyl (C=O) groups is 1. The zero-order valence-electron chi connectivity index (χ0n) is 9.90. The van der Waals surface area contributed by atoms with Gasteiger partial charge in [-0.05, 0) is 18.6 Å². The van der Waals surface area contributed by atoms with Crippen LogP contribution in [-0.2, 0) is 20.1 Å². The highest BCUT2D eigenvalue weighted by Gasteiger charge is 2.51. The van der Waals surface area contributed by atoms with Crippen molar-refractivity contribution in [2.45, 2.75) is 12.7 Å². The highest BCUT2D eigenvalue weighted by molar-refractivity contribution is 6.05. The summed E-state index contributed by atoms with van der Waals surface area (Å²) in [5.74, 6) is -1.48. The van der Waals surface area contributed by atoms with Gasteiger partial charge in [-0.1, -0.05) is 12.1 Å². The summed E-state index contributed by atoms with van der Waals surface area (Å²) in [7, 11) is 4.68. The van der Waals surface area contributed by atoms with E-state index in [1.54, 1.807) is 11.9 Å². The molecule has 0 saturated heterocycles. The van der Waals surface area contributed by atoms with Crippen molar-refractivity contribution in [3.05, 3.63) is 29.3 Å². The second kappa shape index (κ2) is 3.57. The van der Waals surface area contributed by atoms with E-state index < -0.39 is 5.79 Å². The third-order valence-corrected chi connectivity index (χ3v) is 3.03. The molecule has 0 saturated carbocycles. The maximum Gasteiger partial charge on any atom is 0.292 e. The zero-order valence-corrected chi connectivity index (χ0v) is 9.90. The number of methoxy groups -OCH3 is 2. The molecule has 1 aromatic carbocycles. The van der Waals surface area contributed by atoms with Gasteiger partial charge in [-0.25, -0.2) is 0 Å². The van der Waals surface area contributed by atoms with Crippen LogP contribution in [0.1, 0.15) is 11.1 Å². The van der Waals surface area contributed by atoms with Crippen molar-refractivity contribution in [1.82, 2.24) is 0 Å². The van der Waals surface area contributed by atoms with Crippen LogP contribution in [0.2, 0.25) is 0 Å². The number of hydrogen-bond acceptors (Lipinski definition) is 3. The molecule has 1 aliphatic heterocycles. The Morgan fingerprint density at radius 2 is 1.88 bits per heavy atom. The fourth-order valence-electron chi connectivity index (χ4n) is 2.12. The van der Waals surface area contributed by atoms with Gasteiger partial charge in [0.15, 0.2) is 0 Å². The topological polar surface area (TPSA) is 38.8 Å². The summed E-state index contributed by atoms with van der Waals surface area (Å²) in [6.45, 7) is 1.98. The summed E-state index contributed by atoms with van der Waals surface area (Å²) >= 11 is 0. The monoisotopic (exact) mass is 221 g/mol. The van der Waals surface area contributed by atoms with Crippen molar-refractivity contribution < 1.29 is 14.3 Å². The lowest BCUT2D eigenvalue weighted by Crippen LogP contribution is -2.41. The van der Waals surface area contributed by atoms with Crippen LogP contribution < -0.4 is 4.90 Å². The number of ether oxygens (including phenoxy) is 2. The number of aryl methyl sites for hydroxylation is 1. The molecular weight excluding hydrogens is 206 g/mol. The Morgan fingerprint density at radius 1 is 1.25 bits per heavy atom. The lowest BCUT2D eigenvalue weighted by atomic mass is 10.1. The van der Waals surface area contributed by atoms with Gasteiger partial charge in [-0.3, -0.25) is 4.79 Å². The van der Waals surface area contributed by atoms with E-state index in [0.717, 1.165) is 16.8 Å². The molecule has 0 bridgehead atoms. The number of rotatable bonds is 2. The van der Waals surface area contributed by atoms with Gasteiger partial charge in [0.25, 0.3) is 11.7 Å². The lowest BCUT2D eigenvalue weighted by molar-refractivity contribution is -0.208. The highest BCUT2D eigenvalue weighted by atomic mass is 16.7. The van der Waals surface area contributed by atoms with Crippen molar-refractivity contribution in [3.63, 3.8) is 0 Å². The van der Waals surface area contributed by atoms with E-state index in [9.17, 15) is 4.79 Å². The number of anilines is 1. The van der Waals surface area contributed by atoms with Crippen LogP contribution in [0.25, 0.3) is 0 Å². The summed E-state index contributed by atoms with van der Waals surface area (Å²) in [5, 5.41) is 0. The molecule has 16 heavy (non-hydrogen) atoms. The van der Waals surface area contributed by atoms with Gasteiger partial charge in [0.05, 0.1) is 5.69 Å². The Hall–Kier alpha value is -1.39. The van der Waals surface area contributed by atoms with Gasteiger partial charge < -0.3 is 14.4 Å². The molecule has 0 unspecified atom stereocenters. The first-order valence-electron chi connectivity index (χ1n) is 5.06. The van der Waals surface area contributed by atoms with E-state index in [2.05, 4.69) is 0 Å². The SMILES string of the molecule is COC1(OC)C(=O)N(C)c2cc(C)ccc21. The van der Waals surface area contributed by atoms with Gasteiger partial charge in [-0.2, -0.15) is 0 Å². The second-order valence-electron chi connectivity index (χ2n) is 3.91. The summed E-state index contributed by atoms with van der Waals surface area (Å²) in [6, 6.07) is 5.77. The van der Waals surface area contributed by atoms with Gasteiger partial charge in [0.1, 0.15) is 0 Å². The number of amides is 1. The molecule has 86 valence electrons. The Morgan fingerprint density at radius 3 is 2.44 bits per heavy atom. The number of nitrogens with zero attached hydrogens (tertiary/aromatic N) is 1. The van der Waals surface area contributed by atoms with Gasteiger partial charge in [0, 0.05) is 26.8 Å². The molecule has 0 fully saturated rings. The molecule has 1 aromatic rings. The molecule has 0 aliphatic carbocycles. The smallest absolute Gasteiger partial charge is 0.292 e. The minimum absolute atomic E-state index is 0.196. The van der Waals surface area contributed by atoms with Crippen LogP contribution in [0.4, 0.5) is 5.69 Å². The molecule has 1 amide bonds. The predicted octanol–water partition coefficient (Wildman–Crippen LogP) is 1.42. The maximum atomic E-state index is 12.1. The first-order chi connectivity index (χ1) is 7.56. The van der Waals surface area contributed by atoms with Gasteiger partial charge >= 0.3 is 0 Å². The summed E-state index contributed by atoms with van der Waals surface area (Å²) in [5.41, 5.74) is 2.70. The van der Waals surface area contributed by atoms with E-state index >= 15 is 0 Å². The van der Waals surface area contributed by atoms with E-state index in [1.165, 1.54) is 14.2 Å². The minimum Gasteiger partial charge on any atom is -0.342 e. The van der Waals surface area contributed by atoms with Gasteiger partial charge in [0.2, 0.25) is 0 Å². The van der Waals surface area contributed by atoms with Gasteiger partial charge in [-0.15, -0.1) is 0 Å². The summed E-state index contributed by atoms with van der Waals surface area (Å²) in [4.78, 5) is 13.7. The molecule has 0 spiro atoms. The molecule has 4 nitrogen and oxygen atoms in total. The molecule has 2 rings (SSSR count). The fourth-order valence-corrected chi connectivity index (χ4v) is 2.12. The Labute approximate surface area is 94.8 Å². The van der Waals surface area contributed by atoms with Crippen molar-refractivity contribution in [2.24, 2.45) is 0 Å². The predicted molar refractivity (Wildman–Crippen MR) is 60.3 cm³/mol. The molecule has 0 N–H and O–H groups in total. The molecule has 4 heteroatoms. The molecule has 0 aromatic heterocycles. The van der Waals surface area contributed by atoms with E-state index in [1.807, 2.05) is 25.1 Å². The largest absolute Gasteiger partial charge is 0.342 e. The lowest BCUT2D eigenvalue weighted by Gasteiger charge is -2.24. The third kappa shape index (κ3) is 1.20. The first-order valence-corrected chi connectivity index (χ1v) is 5.06. The first kappa shape index (κ1) is 11.1. The standard InChI is InChI=1S/C12H15NO3/c1-8-5-6-9-10(7-8)13(2)11(14)12(9,15-3)16-4/h5-7H,1-4H3. The van der Waals surface area contributed by atoms with Crippen molar-refractivity contribution in [2.75, 3.05) is 26.2 Å². The molecule has 1 heterocycles. The molecule has 0 atom stereocenters. The maximum absolute atomic E-state index is 12.1. The normalized spacial score (nSPS) is 17.8. The Balaban J connectivity index is 2.66. The van der Waals surface area contributed by atoms with Crippen LogP contribution in [0.15, 0.2) is 18.2 Å². The quantitative estimate of drug-likeness (QED) is 0.709. The zero-order chi connectivity index (χ0) is 11.9. The number of carbonyl (C=O) groups excluding carboxylic acids is 1. The molecular formula is C12H15NO3. The molecule has 1 aliphatic rings. The number of fused-ring (bicyclic) bond motifs is 1. The van der Waals surface area contributed by atoms with Crippen molar-refractivity contribution >= 4 is 11.6 Å². The van der Waals surface area contributed by atoms with Crippen molar-refractivity contribution in [1.29, 1.82) is 0 Å². The summed E-state index contributed by atoms with van der Waals surface area (Å²) in [6.07, 6.45) is 0. The van der Waals surface area contributed by atoms with Crippen LogP contribution in [0.5, 0.6) is 0 Å². The molecule has 0 radical (unpaired) electrons. The highest BCUT2D eigenvalue weighted by Crippen LogP contribution is 2.42. The van der Waals surface area contributed by atoms with Crippen molar-refractivity contribution in [3.8, 4) is 0 Å².